The molecule has 1 aliphatic heterocycles. The van der Waals surface area contributed by atoms with Gasteiger partial charge in [0.1, 0.15) is 0 Å². The largest absolute Gasteiger partial charge is 0.467 e. The first-order valence-corrected chi connectivity index (χ1v) is 9.72. The van der Waals surface area contributed by atoms with Gasteiger partial charge in [-0.3, -0.25) is 0 Å². The Morgan fingerprint density at radius 1 is 1.31 bits per heavy atom. The van der Waals surface area contributed by atoms with E-state index >= 15 is 0 Å². The van der Waals surface area contributed by atoms with Crippen molar-refractivity contribution in [1.82, 2.24) is 0 Å². The maximum Gasteiger partial charge on any atom is 0.342 e. The molecule has 3 rings (SSSR count). The van der Waals surface area contributed by atoms with E-state index in [1.807, 2.05) is 0 Å². The lowest BCUT2D eigenvalue weighted by molar-refractivity contribution is -0.219. The molecule has 2 saturated carbocycles. The molecule has 0 unspecified atom stereocenters. The van der Waals surface area contributed by atoms with Crippen LogP contribution >= 0.6 is 0 Å². The summed E-state index contributed by atoms with van der Waals surface area (Å²) in [5.41, 5.74) is -2.56. The smallest absolute Gasteiger partial charge is 0.342 e. The molecule has 2 aliphatic carbocycles. The second-order valence-corrected chi connectivity index (χ2v) is 9.57. The van der Waals surface area contributed by atoms with Gasteiger partial charge in [0.15, 0.2) is 5.60 Å². The first-order valence-electron chi connectivity index (χ1n) is 9.72. The third kappa shape index (κ3) is 2.25. The number of esters is 2. The molecule has 2 fully saturated rings. The van der Waals surface area contributed by atoms with Crippen LogP contribution in [0.25, 0.3) is 0 Å². The minimum absolute atomic E-state index is 0.146. The van der Waals surface area contributed by atoms with Crippen LogP contribution in [0.15, 0.2) is 11.6 Å². The van der Waals surface area contributed by atoms with Crippen molar-refractivity contribution in [2.24, 2.45) is 22.7 Å². The highest BCUT2D eigenvalue weighted by molar-refractivity contribution is 5.91. The fraction of sp³-hybridized carbons (Fsp3) is 0.810. The van der Waals surface area contributed by atoms with Crippen molar-refractivity contribution in [2.45, 2.75) is 77.9 Å². The summed E-state index contributed by atoms with van der Waals surface area (Å²) in [4.78, 5) is 25.1. The van der Waals surface area contributed by atoms with Crippen molar-refractivity contribution in [1.29, 1.82) is 0 Å². The van der Waals surface area contributed by atoms with Gasteiger partial charge in [-0.05, 0) is 53.9 Å². The quantitative estimate of drug-likeness (QED) is 0.777. The fourth-order valence-corrected chi connectivity index (χ4v) is 6.30. The lowest BCUT2D eigenvalue weighted by atomic mass is 9.45. The molecular weight excluding hydrogens is 332 g/mol. The summed E-state index contributed by atoms with van der Waals surface area (Å²) >= 11 is 0. The summed E-state index contributed by atoms with van der Waals surface area (Å²) < 4.78 is 10.8. The maximum atomic E-state index is 12.7. The number of ether oxygens (including phenoxy) is 2. The van der Waals surface area contributed by atoms with E-state index in [9.17, 15) is 14.7 Å². The standard InChI is InChI=1S/C21H32O5/c1-13(2)21(24,17(23)25-6)20-11-8-14-18(3,4)9-7-10-19(14,5)15(20)12-16(22)26-20/h12-14,24H,7-11H2,1-6H3/t14-,19+,20-,21+/m1/s1. The zero-order valence-electron chi connectivity index (χ0n) is 16.8. The molecule has 146 valence electrons. The Balaban J connectivity index is 2.19. The Bertz CT molecular complexity index is 663. The normalized spacial score (nSPS) is 37.9. The van der Waals surface area contributed by atoms with Crippen molar-refractivity contribution in [3.05, 3.63) is 11.6 Å². The van der Waals surface area contributed by atoms with Gasteiger partial charge in [-0.2, -0.15) is 0 Å². The second kappa shape index (κ2) is 5.82. The van der Waals surface area contributed by atoms with Crippen LogP contribution in [-0.4, -0.2) is 35.4 Å². The highest BCUT2D eigenvalue weighted by Crippen LogP contribution is 2.66. The number of aliphatic hydroxyl groups is 1. The first kappa shape index (κ1) is 19.4. The summed E-state index contributed by atoms with van der Waals surface area (Å²) in [6, 6.07) is 0. The number of hydrogen-bond donors (Lipinski definition) is 1. The van der Waals surface area contributed by atoms with Crippen molar-refractivity contribution < 1.29 is 24.2 Å². The summed E-state index contributed by atoms with van der Waals surface area (Å²) in [7, 11) is 1.27. The molecule has 0 spiro atoms. The van der Waals surface area contributed by atoms with E-state index in [4.69, 9.17) is 9.47 Å². The van der Waals surface area contributed by atoms with Gasteiger partial charge in [0.05, 0.1) is 7.11 Å². The van der Waals surface area contributed by atoms with Crippen molar-refractivity contribution >= 4 is 11.9 Å². The predicted molar refractivity (Wildman–Crippen MR) is 97.2 cm³/mol. The van der Waals surface area contributed by atoms with Gasteiger partial charge in [-0.1, -0.05) is 41.0 Å². The minimum Gasteiger partial charge on any atom is -0.467 e. The molecule has 0 radical (unpaired) electrons. The molecule has 0 aromatic carbocycles. The van der Waals surface area contributed by atoms with Gasteiger partial charge in [-0.25, -0.2) is 9.59 Å². The molecule has 0 bridgehead atoms. The molecule has 3 aliphatic rings. The van der Waals surface area contributed by atoms with Crippen LogP contribution in [0.4, 0.5) is 0 Å². The van der Waals surface area contributed by atoms with Crippen molar-refractivity contribution in [3.63, 3.8) is 0 Å². The van der Waals surface area contributed by atoms with Crippen LogP contribution in [0.1, 0.15) is 66.7 Å². The van der Waals surface area contributed by atoms with Crippen LogP contribution in [0.3, 0.4) is 0 Å². The number of carbonyl (C=O) groups excluding carboxylic acids is 2. The average molecular weight is 364 g/mol. The minimum atomic E-state index is -1.89. The number of carbonyl (C=O) groups is 2. The van der Waals surface area contributed by atoms with Crippen LogP contribution in [0.2, 0.25) is 0 Å². The number of hydrogen-bond acceptors (Lipinski definition) is 5. The van der Waals surface area contributed by atoms with Gasteiger partial charge in [0, 0.05) is 6.08 Å². The number of rotatable bonds is 3. The van der Waals surface area contributed by atoms with Gasteiger partial charge >= 0.3 is 11.9 Å². The number of methoxy groups -OCH3 is 1. The van der Waals surface area contributed by atoms with E-state index in [-0.39, 0.29) is 10.8 Å². The summed E-state index contributed by atoms with van der Waals surface area (Å²) in [6.07, 6.45) is 5.93. The van der Waals surface area contributed by atoms with E-state index in [0.29, 0.717) is 12.3 Å². The van der Waals surface area contributed by atoms with Gasteiger partial charge in [0.2, 0.25) is 5.60 Å². The fourth-order valence-electron chi connectivity index (χ4n) is 6.30. The maximum absolute atomic E-state index is 12.7. The van der Waals surface area contributed by atoms with Crippen molar-refractivity contribution in [3.8, 4) is 0 Å². The molecule has 4 atom stereocenters. The Kier molecular flexibility index (Phi) is 4.34. The molecule has 0 saturated heterocycles. The van der Waals surface area contributed by atoms with Crippen LogP contribution < -0.4 is 0 Å². The van der Waals surface area contributed by atoms with E-state index in [2.05, 4.69) is 20.8 Å². The monoisotopic (exact) mass is 364 g/mol. The topological polar surface area (TPSA) is 72.8 Å². The van der Waals surface area contributed by atoms with Gasteiger partial charge in [0.25, 0.3) is 0 Å². The molecular formula is C21H32O5. The van der Waals surface area contributed by atoms with Crippen LogP contribution in [0.5, 0.6) is 0 Å². The van der Waals surface area contributed by atoms with Crippen molar-refractivity contribution in [2.75, 3.05) is 7.11 Å². The van der Waals surface area contributed by atoms with E-state index in [0.717, 1.165) is 31.3 Å². The Morgan fingerprint density at radius 3 is 2.54 bits per heavy atom. The summed E-state index contributed by atoms with van der Waals surface area (Å²) in [5.74, 6) is -1.27. The second-order valence-electron chi connectivity index (χ2n) is 9.57. The van der Waals surface area contributed by atoms with E-state index < -0.39 is 29.1 Å². The molecule has 0 aromatic rings. The van der Waals surface area contributed by atoms with Crippen LogP contribution in [0, 0.1) is 22.7 Å². The molecule has 0 amide bonds. The lowest BCUT2D eigenvalue weighted by Crippen LogP contribution is -2.68. The molecule has 1 heterocycles. The predicted octanol–water partition coefficient (Wildman–Crippen LogP) is 3.39. The molecule has 5 heteroatoms. The first-order chi connectivity index (χ1) is 12.0. The third-order valence-electron chi connectivity index (χ3n) is 7.55. The third-order valence-corrected chi connectivity index (χ3v) is 7.55. The Morgan fingerprint density at radius 2 is 1.96 bits per heavy atom. The highest BCUT2D eigenvalue weighted by atomic mass is 16.6. The van der Waals surface area contributed by atoms with E-state index in [1.54, 1.807) is 19.9 Å². The van der Waals surface area contributed by atoms with E-state index in [1.165, 1.54) is 7.11 Å². The Hall–Kier alpha value is -1.36. The molecule has 1 N–H and O–H groups in total. The zero-order valence-corrected chi connectivity index (χ0v) is 16.8. The Labute approximate surface area is 156 Å². The summed E-state index contributed by atoms with van der Waals surface area (Å²) in [5, 5.41) is 11.6. The SMILES string of the molecule is COC(=O)[C@@](O)(C(C)C)[C@@]12CC[C@@H]3C(C)(C)CCC[C@]3(C)C1=CC(=O)O2. The van der Waals surface area contributed by atoms with Crippen LogP contribution in [-0.2, 0) is 19.1 Å². The average Bonchev–Trinajstić information content (AvgIpc) is 2.91. The summed E-state index contributed by atoms with van der Waals surface area (Å²) in [6.45, 7) is 10.3. The van der Waals surface area contributed by atoms with Gasteiger partial charge < -0.3 is 14.6 Å². The molecule has 5 nitrogen and oxygen atoms in total. The lowest BCUT2D eigenvalue weighted by Gasteiger charge is -2.60. The molecule has 26 heavy (non-hydrogen) atoms. The molecule has 0 aromatic heterocycles. The number of fused-ring (bicyclic) bond motifs is 3. The van der Waals surface area contributed by atoms with Gasteiger partial charge in [-0.15, -0.1) is 0 Å². The zero-order chi connectivity index (χ0) is 19.5. The highest BCUT2D eigenvalue weighted by Gasteiger charge is 2.71.